The lowest BCUT2D eigenvalue weighted by Gasteiger charge is -2.41. The zero-order valence-corrected chi connectivity index (χ0v) is 40.0. The van der Waals surface area contributed by atoms with Crippen molar-refractivity contribution in [1.29, 1.82) is 0 Å². The van der Waals surface area contributed by atoms with Gasteiger partial charge in [0, 0.05) is 12.8 Å². The number of unbranched alkanes of at least 4 members (excludes halogenated alkanes) is 23. The van der Waals surface area contributed by atoms with Gasteiger partial charge in [-0.05, 0) is 70.6 Å². The van der Waals surface area contributed by atoms with Crippen LogP contribution in [0.3, 0.4) is 0 Å². The summed E-state index contributed by atoms with van der Waals surface area (Å²) in [5.41, 5.74) is 0. The molecule has 0 amide bonds. The molecule has 368 valence electrons. The number of carbonyl (C=O) groups excluding carboxylic acids is 2. The highest BCUT2D eigenvalue weighted by atomic mass is 31.2. The SMILES string of the molecule is CCCCC/C=C/C/C=C/CCCCCCCCCC(=O)O[C@@H](COC(=O)CCCCCCCCCCC/C=C/CCCCCC)COP(=O)(O)OC1C(O)C(O)C(O)[C@H](O)C1O. The predicted octanol–water partition coefficient (Wildman–Crippen LogP) is 10.2. The highest BCUT2D eigenvalue weighted by molar-refractivity contribution is 7.47. The fourth-order valence-corrected chi connectivity index (χ4v) is 8.40. The fourth-order valence-electron chi connectivity index (χ4n) is 7.43. The molecule has 0 aliphatic heterocycles. The third-order valence-electron chi connectivity index (χ3n) is 11.5. The van der Waals surface area contributed by atoms with Crippen LogP contribution in [0, 0.1) is 0 Å². The molecule has 1 fully saturated rings. The number of rotatable bonds is 41. The minimum atomic E-state index is -5.12. The molecule has 0 spiro atoms. The first-order valence-corrected chi connectivity index (χ1v) is 26.3. The maximum Gasteiger partial charge on any atom is 0.472 e. The summed E-state index contributed by atoms with van der Waals surface area (Å²) in [5.74, 6) is -1.11. The summed E-state index contributed by atoms with van der Waals surface area (Å²) in [7, 11) is -5.12. The molecule has 0 bridgehead atoms. The first kappa shape index (κ1) is 59.1. The molecule has 8 atom stereocenters. The van der Waals surface area contributed by atoms with Crippen LogP contribution in [0.4, 0.5) is 0 Å². The molecular formula is C49H89O13P. The molecule has 1 saturated carbocycles. The van der Waals surface area contributed by atoms with Crippen molar-refractivity contribution in [3.05, 3.63) is 36.5 Å². The number of aliphatic hydroxyl groups is 5. The molecule has 0 radical (unpaired) electrons. The van der Waals surface area contributed by atoms with Crippen LogP contribution in [0.25, 0.3) is 0 Å². The zero-order valence-electron chi connectivity index (χ0n) is 39.1. The topological polar surface area (TPSA) is 210 Å². The van der Waals surface area contributed by atoms with Gasteiger partial charge in [0.05, 0.1) is 6.61 Å². The van der Waals surface area contributed by atoms with Crippen LogP contribution < -0.4 is 0 Å². The second-order valence-electron chi connectivity index (χ2n) is 17.3. The van der Waals surface area contributed by atoms with Crippen LogP contribution in [-0.4, -0.2) is 98.3 Å². The molecule has 6 unspecified atom stereocenters. The van der Waals surface area contributed by atoms with Gasteiger partial charge in [-0.3, -0.25) is 18.6 Å². The molecule has 63 heavy (non-hydrogen) atoms. The maximum atomic E-state index is 12.8. The molecule has 1 aliphatic carbocycles. The molecular weight excluding hydrogens is 828 g/mol. The number of hydrogen-bond donors (Lipinski definition) is 6. The van der Waals surface area contributed by atoms with E-state index in [1.807, 2.05) is 0 Å². The van der Waals surface area contributed by atoms with E-state index < -0.39 is 75.7 Å². The average Bonchev–Trinajstić information content (AvgIpc) is 3.26. The Hall–Kier alpha value is -1.93. The summed E-state index contributed by atoms with van der Waals surface area (Å²) in [5, 5.41) is 50.2. The van der Waals surface area contributed by atoms with Crippen molar-refractivity contribution in [2.45, 2.75) is 249 Å². The van der Waals surface area contributed by atoms with Gasteiger partial charge in [-0.2, -0.15) is 0 Å². The van der Waals surface area contributed by atoms with Crippen LogP contribution in [0.2, 0.25) is 0 Å². The number of allylic oxidation sites excluding steroid dienone is 6. The molecule has 14 heteroatoms. The maximum absolute atomic E-state index is 12.8. The Morgan fingerprint density at radius 1 is 0.492 bits per heavy atom. The number of esters is 2. The van der Waals surface area contributed by atoms with Gasteiger partial charge in [0.25, 0.3) is 0 Å². The fraction of sp³-hybridized carbons (Fsp3) is 0.837. The molecule has 0 aromatic carbocycles. The summed E-state index contributed by atoms with van der Waals surface area (Å²) >= 11 is 0. The van der Waals surface area contributed by atoms with Gasteiger partial charge in [0.2, 0.25) is 0 Å². The second-order valence-corrected chi connectivity index (χ2v) is 18.7. The Morgan fingerprint density at radius 3 is 1.33 bits per heavy atom. The summed E-state index contributed by atoms with van der Waals surface area (Å²) in [6.45, 7) is 3.27. The molecule has 0 aromatic heterocycles. The molecule has 0 aromatic rings. The van der Waals surface area contributed by atoms with Gasteiger partial charge in [0.1, 0.15) is 43.2 Å². The first-order valence-electron chi connectivity index (χ1n) is 24.8. The van der Waals surface area contributed by atoms with E-state index in [4.69, 9.17) is 18.5 Å². The van der Waals surface area contributed by atoms with Crippen molar-refractivity contribution in [3.63, 3.8) is 0 Å². The Balaban J connectivity index is 2.43. The third kappa shape index (κ3) is 31.6. The Bertz CT molecular complexity index is 1240. The van der Waals surface area contributed by atoms with E-state index in [0.29, 0.717) is 12.8 Å². The van der Waals surface area contributed by atoms with Crippen molar-refractivity contribution in [2.75, 3.05) is 13.2 Å². The number of hydrogen-bond acceptors (Lipinski definition) is 12. The highest BCUT2D eigenvalue weighted by Crippen LogP contribution is 2.47. The van der Waals surface area contributed by atoms with Crippen molar-refractivity contribution in [1.82, 2.24) is 0 Å². The second kappa shape index (κ2) is 39.3. The van der Waals surface area contributed by atoms with E-state index in [9.17, 15) is 44.6 Å². The predicted molar refractivity (Wildman–Crippen MR) is 249 cm³/mol. The van der Waals surface area contributed by atoms with Gasteiger partial charge >= 0.3 is 19.8 Å². The van der Waals surface area contributed by atoms with Gasteiger partial charge in [-0.25, -0.2) is 4.57 Å². The van der Waals surface area contributed by atoms with Crippen molar-refractivity contribution < 1.29 is 63.1 Å². The Labute approximate surface area is 380 Å². The first-order chi connectivity index (χ1) is 30.4. The minimum Gasteiger partial charge on any atom is -0.462 e. The highest BCUT2D eigenvalue weighted by Gasteiger charge is 2.51. The van der Waals surface area contributed by atoms with Crippen LogP contribution in [0.5, 0.6) is 0 Å². The van der Waals surface area contributed by atoms with E-state index in [-0.39, 0.29) is 12.8 Å². The van der Waals surface area contributed by atoms with Crippen LogP contribution >= 0.6 is 7.82 Å². The van der Waals surface area contributed by atoms with E-state index in [2.05, 4.69) is 50.3 Å². The number of phosphoric ester groups is 1. The average molecular weight is 917 g/mol. The minimum absolute atomic E-state index is 0.0880. The van der Waals surface area contributed by atoms with E-state index in [1.165, 1.54) is 83.5 Å². The summed E-state index contributed by atoms with van der Waals surface area (Å²) in [6.07, 6.45) is 31.8. The molecule has 13 nitrogen and oxygen atoms in total. The van der Waals surface area contributed by atoms with Gasteiger partial charge in [-0.1, -0.05) is 159 Å². The summed E-state index contributed by atoms with van der Waals surface area (Å²) in [4.78, 5) is 35.8. The largest absolute Gasteiger partial charge is 0.472 e. The lowest BCUT2D eigenvalue weighted by molar-refractivity contribution is -0.220. The normalized spacial score (nSPS) is 22.0. The molecule has 0 saturated heterocycles. The smallest absolute Gasteiger partial charge is 0.462 e. The van der Waals surface area contributed by atoms with E-state index in [0.717, 1.165) is 83.5 Å². The van der Waals surface area contributed by atoms with Crippen molar-refractivity contribution in [3.8, 4) is 0 Å². The summed E-state index contributed by atoms with van der Waals surface area (Å²) in [6, 6.07) is 0. The van der Waals surface area contributed by atoms with Gasteiger partial charge in [0.15, 0.2) is 6.10 Å². The van der Waals surface area contributed by atoms with Crippen molar-refractivity contribution in [2.24, 2.45) is 0 Å². The molecule has 1 rings (SSSR count). The van der Waals surface area contributed by atoms with E-state index in [1.54, 1.807) is 0 Å². The number of ether oxygens (including phenoxy) is 2. The summed E-state index contributed by atoms with van der Waals surface area (Å²) < 4.78 is 33.6. The lowest BCUT2D eigenvalue weighted by atomic mass is 9.85. The van der Waals surface area contributed by atoms with Crippen LogP contribution in [-0.2, 0) is 32.7 Å². The monoisotopic (exact) mass is 917 g/mol. The number of carbonyl (C=O) groups is 2. The number of aliphatic hydroxyl groups excluding tert-OH is 5. The van der Waals surface area contributed by atoms with Gasteiger partial charge in [-0.15, -0.1) is 0 Å². The van der Waals surface area contributed by atoms with Crippen molar-refractivity contribution >= 4 is 19.8 Å². The Kier molecular flexibility index (Phi) is 36.8. The lowest BCUT2D eigenvalue weighted by Crippen LogP contribution is -2.64. The van der Waals surface area contributed by atoms with Gasteiger partial charge < -0.3 is 39.9 Å². The third-order valence-corrected chi connectivity index (χ3v) is 12.4. The quantitative estimate of drug-likeness (QED) is 0.0146. The molecule has 0 heterocycles. The molecule has 6 N–H and O–H groups in total. The van der Waals surface area contributed by atoms with Crippen LogP contribution in [0.1, 0.15) is 206 Å². The molecule has 1 aliphatic rings. The zero-order chi connectivity index (χ0) is 46.4. The standard InChI is InChI=1S/C49H89O13P/c1-3-5-7-9-11-13-15-17-19-21-23-25-27-29-31-33-35-37-42(50)59-39-41(40-60-63(57,58)62-49-47(55)45(53)44(52)46(54)48(49)56)61-43(51)38-36-34-32-30-28-26-24-22-20-18-16-14-12-10-8-6-4-2/h12-15,18,20,41,44-49,52-56H,3-11,16-17,19,21-40H2,1-2H3,(H,57,58)/b14-12+,15-13+,20-18+/t41-,44?,45-,46?,47?,48?,49?/m0/s1. The Morgan fingerprint density at radius 2 is 0.857 bits per heavy atom. The van der Waals surface area contributed by atoms with Crippen LogP contribution in [0.15, 0.2) is 36.5 Å². The number of phosphoric acid groups is 1. The van der Waals surface area contributed by atoms with E-state index >= 15 is 0 Å².